The molecule has 9 aliphatic heterocycles. The fraction of sp³-hybridized carbons (Fsp3) is 0.462. The van der Waals surface area contributed by atoms with Crippen molar-refractivity contribution < 1.29 is 116 Å². The van der Waals surface area contributed by atoms with Crippen LogP contribution >= 0.6 is 64.4 Å². The Hall–Kier alpha value is -6.96. The number of thioether (sulfide) groups is 1. The highest BCUT2D eigenvalue weighted by Gasteiger charge is 2.55. The second-order valence-corrected chi connectivity index (χ2v) is 48.8. The summed E-state index contributed by atoms with van der Waals surface area (Å²) in [6, 6.07) is 8.58. The zero-order valence-corrected chi connectivity index (χ0v) is 77.7. The molecule has 9 aliphatic rings. The van der Waals surface area contributed by atoms with Crippen molar-refractivity contribution in [3.63, 3.8) is 0 Å². The Bertz CT molecular complexity index is 6700. The van der Waals surface area contributed by atoms with E-state index in [9.17, 15) is 48.5 Å². The van der Waals surface area contributed by atoms with Gasteiger partial charge in [-0.1, -0.05) is 12.2 Å². The van der Waals surface area contributed by atoms with Crippen LogP contribution < -0.4 is 51.1 Å². The van der Waals surface area contributed by atoms with Crippen LogP contribution in [0.5, 0.6) is 0 Å². The molecule has 12 aromatic rings. The first-order chi connectivity index (χ1) is 62.2. The minimum atomic E-state index is -4.32. The lowest BCUT2D eigenvalue weighted by Gasteiger charge is -2.28. The maximum atomic E-state index is 16.0. The van der Waals surface area contributed by atoms with E-state index < -0.39 is 191 Å². The number of pyridine rings is 3. The summed E-state index contributed by atoms with van der Waals surface area (Å²) in [5, 5.41) is 10.9. The van der Waals surface area contributed by atoms with Gasteiger partial charge in [-0.2, -0.15) is 15.0 Å². The van der Waals surface area contributed by atoms with Gasteiger partial charge in [-0.15, -0.1) is 11.8 Å². The summed E-state index contributed by atoms with van der Waals surface area (Å²) in [4.78, 5) is 141. The number of nitrogen functional groups attached to an aromatic ring is 6. The number of ether oxygens (including phenoxy) is 5. The molecule has 0 saturated carbocycles. The summed E-state index contributed by atoms with van der Waals surface area (Å²) in [6.45, 7) is -25.8. The number of aliphatic hydroxyl groups excluding tert-OH is 1. The number of fused-ring (bicyclic) bond motifs is 15. The Kier molecular flexibility index (Phi) is 25.7. The lowest BCUT2D eigenvalue weighted by atomic mass is 10.1. The van der Waals surface area contributed by atoms with Crippen LogP contribution in [0.4, 0.5) is 39.3 Å². The van der Waals surface area contributed by atoms with Crippen molar-refractivity contribution in [1.82, 2.24) is 92.2 Å². The molecule has 0 aromatic carbocycles. The minimum absolute atomic E-state index is 0.0249. The number of nitrogens with one attached hydrogen (secondary N) is 3. The third kappa shape index (κ3) is 19.1. The van der Waals surface area contributed by atoms with Gasteiger partial charge in [0, 0.05) is 78.8 Å². The second-order valence-electron chi connectivity index (χ2n) is 30.6. The van der Waals surface area contributed by atoms with Crippen LogP contribution in [0.1, 0.15) is 62.2 Å². The summed E-state index contributed by atoms with van der Waals surface area (Å²) in [7, 11) is 0. The van der Waals surface area contributed by atoms with E-state index in [4.69, 9.17) is 171 Å². The van der Waals surface area contributed by atoms with Crippen molar-refractivity contribution in [3.05, 3.63) is 118 Å². The average Bonchev–Trinajstić information content (AvgIpc) is 1.62. The summed E-state index contributed by atoms with van der Waals surface area (Å²) >= 11 is 31.8. The van der Waals surface area contributed by atoms with Gasteiger partial charge in [0.05, 0.1) is 106 Å². The summed E-state index contributed by atoms with van der Waals surface area (Å²) in [5.41, 5.74) is 37.2. The van der Waals surface area contributed by atoms with Gasteiger partial charge in [-0.25, -0.2) is 43.8 Å². The second kappa shape index (κ2) is 36.2. The number of aromatic nitrogens is 19. The molecule has 9 saturated heterocycles. The van der Waals surface area contributed by atoms with E-state index in [1.54, 1.807) is 46.1 Å². The van der Waals surface area contributed by atoms with Gasteiger partial charge in [-0.05, 0) is 89.4 Å². The first-order valence-electron chi connectivity index (χ1n) is 39.1. The number of hydrogen-bond donors (Lipinski definition) is 16. The van der Waals surface area contributed by atoms with E-state index in [0.29, 0.717) is 33.9 Å². The predicted molar refractivity (Wildman–Crippen MR) is 481 cm³/mol. The predicted octanol–water partition coefficient (Wildman–Crippen LogP) is 3.33. The Morgan fingerprint density at radius 3 is 1.29 bits per heavy atom. The van der Waals surface area contributed by atoms with Gasteiger partial charge in [0.2, 0.25) is 17.8 Å². The van der Waals surface area contributed by atoms with Crippen LogP contribution in [0.2, 0.25) is 0 Å². The van der Waals surface area contributed by atoms with Crippen molar-refractivity contribution in [2.75, 3.05) is 74.0 Å². The zero-order chi connectivity index (χ0) is 92.0. The third-order valence-electron chi connectivity index (χ3n) is 22.1. The largest absolute Gasteiger partial charge is 0.398 e. The first-order valence-corrected chi connectivity index (χ1v) is 55.7. The number of imidazole rings is 4. The minimum Gasteiger partial charge on any atom is -0.398 e. The van der Waals surface area contributed by atoms with Crippen molar-refractivity contribution >= 4 is 225 Å². The summed E-state index contributed by atoms with van der Waals surface area (Å²) < 4.78 is 138. The van der Waals surface area contributed by atoms with E-state index in [1.807, 2.05) is 12.1 Å². The van der Waals surface area contributed by atoms with Crippen LogP contribution in [0, 0.1) is 0 Å². The number of aliphatic hydroxyl groups is 1. The van der Waals surface area contributed by atoms with E-state index in [2.05, 4.69) is 77.0 Å². The van der Waals surface area contributed by atoms with Crippen LogP contribution in [-0.4, -0.2) is 246 Å². The molecular formula is C65H76FN25O27P6S7. The van der Waals surface area contributed by atoms with Crippen molar-refractivity contribution in [2.24, 2.45) is 0 Å². The number of nitrogens with two attached hydrogens (primary N) is 6. The number of hydrogen-bond acceptors (Lipinski definition) is 44. The SMILES string of the molecule is Nc1nc2c(ncn2[C@@H]2OC3COP(O)(=S)O[C@H]4C[C@H](n5ccc6c(N)ccnc65)OC4COP(O)(=S)O[C@@H]2C3)c(=O)[nH]1.Nc1nc2c(ncn2[C@@H]2O[C@@H]3COP(O)(=S)O[C@H]4C[C@H](n5ccc6c(N)ccnc65)OC4COP(O)(=S)O[C@@H]2C3)c(=O)[nH]1.Nc1nc2c(ncn2[C@@H]2S[C@@H]3COP(=O)(S)O[C@H]4[C@H](F)[C@H](n5cnc6c(N)ccnc65)O[C@@H]4COP(O)(=S)O[C@@H]2[C@@H]3O)c(=O)[nH]1. The highest BCUT2D eigenvalue weighted by molar-refractivity contribution is 8.44. The van der Waals surface area contributed by atoms with Gasteiger partial charge in [0.25, 0.3) is 16.7 Å². The van der Waals surface area contributed by atoms with Crippen molar-refractivity contribution in [3.8, 4) is 0 Å². The van der Waals surface area contributed by atoms with Gasteiger partial charge in [0.1, 0.15) is 77.4 Å². The molecule has 26 atom stereocenters. The molecule has 702 valence electrons. The lowest BCUT2D eigenvalue weighted by Crippen LogP contribution is -2.35. The van der Waals surface area contributed by atoms with Gasteiger partial charge >= 0.3 is 40.4 Å². The smallest absolute Gasteiger partial charge is 0.386 e. The molecule has 0 amide bonds. The highest BCUT2D eigenvalue weighted by atomic mass is 32.7. The van der Waals surface area contributed by atoms with Gasteiger partial charge in [0.15, 0.2) is 64.0 Å². The Morgan fingerprint density at radius 2 is 0.817 bits per heavy atom. The van der Waals surface area contributed by atoms with Crippen LogP contribution in [-0.2, 0) is 142 Å². The number of halogens is 1. The van der Waals surface area contributed by atoms with Gasteiger partial charge in [-0.3, -0.25) is 61.2 Å². The average molecular weight is 2070 g/mol. The lowest BCUT2D eigenvalue weighted by molar-refractivity contribution is -0.0594. The summed E-state index contributed by atoms with van der Waals surface area (Å²) in [6.07, 6.45) is -4.18. The summed E-state index contributed by atoms with van der Waals surface area (Å²) in [5.74, 6) is -0.427. The molecule has 52 nitrogen and oxygen atoms in total. The third-order valence-corrected chi connectivity index (χ3v) is 33.2. The molecule has 9 fully saturated rings. The molecular weight excluding hydrogens is 1990 g/mol. The monoisotopic (exact) mass is 2070 g/mol. The molecule has 6 bridgehead atoms. The molecule has 21 N–H and O–H groups in total. The number of H-pyrrole nitrogens is 3. The molecule has 21 heterocycles. The topological polar surface area (TPSA) is 709 Å². The number of alkyl halides is 1. The number of thiol groups is 1. The normalized spacial score (nSPS) is 36.2. The highest BCUT2D eigenvalue weighted by Crippen LogP contribution is 2.62. The van der Waals surface area contributed by atoms with E-state index >= 15 is 4.39 Å². The number of nitrogens with zero attached hydrogens (tertiary/aromatic N) is 16. The molecule has 66 heteroatoms. The first kappa shape index (κ1) is 93.1. The number of anilines is 6. The van der Waals surface area contributed by atoms with Crippen LogP contribution in [0.3, 0.4) is 0 Å². The number of aromatic amines is 3. The van der Waals surface area contributed by atoms with Gasteiger partial charge < -0.3 is 138 Å². The van der Waals surface area contributed by atoms with Crippen LogP contribution in [0.25, 0.3) is 66.7 Å². The fourth-order valence-corrected chi connectivity index (χ4v) is 26.8. The molecule has 0 spiro atoms. The number of rotatable bonds is 6. The van der Waals surface area contributed by atoms with Crippen molar-refractivity contribution in [2.45, 2.75) is 147 Å². The Balaban J connectivity index is 0.000000127. The zero-order valence-electron chi connectivity index (χ0n) is 66.5. The maximum Gasteiger partial charge on any atom is 0.386 e. The molecule has 0 aliphatic carbocycles. The van der Waals surface area contributed by atoms with Crippen molar-refractivity contribution in [1.29, 1.82) is 0 Å². The van der Waals surface area contributed by atoms with E-state index in [1.165, 1.54) is 55.8 Å². The van der Waals surface area contributed by atoms with E-state index in [0.717, 1.165) is 22.5 Å². The van der Waals surface area contributed by atoms with E-state index in [-0.39, 0.29) is 109 Å². The van der Waals surface area contributed by atoms with Crippen LogP contribution in [0.15, 0.2) is 101 Å². The molecule has 9 unspecified atom stereocenters. The molecule has 12 aromatic heterocycles. The molecule has 21 rings (SSSR count). The Morgan fingerprint density at radius 1 is 0.420 bits per heavy atom. The Labute approximate surface area is 767 Å². The standard InChI is InChI=1S/2C22H26N8O9P2S2.C21H24FN9O9P2S3/c2*23-12-1-3-25-18-11(12)2-4-29(18)16-6-13-15(37-16)8-35-41(33,43)39-14-5-10(7-34-40(32,42)38-13)36-21(14)30-9-26-17-19(30)27-22(24)28-20(17)31;22-10-14-8(38-19(10)30-5-26-11-7(23)1-2-25-16(11)30)3-36-41(34,43)40-15-13(32)9(4-37-42(35,44)39-14)45-20(15)31-6-27-12-17(31)28-21(24)29-18(12)33/h2*1-4,9-10,13-16,21H,5-8H2,(H2,23,25)(H,32,42)(H,33,43)(H3,24,27,28,31);1-2,5-6,8-10,13-15,19-20,32H,3-4H2,(H2,23,25)(H,34,43)(H,35,44)(H3,24,28,29,33)/t10?,13-,14+,15?,16+,21+,40?,41?;10-,13-,14+,15?,16+,21+,40?,41?;8-,9-,10+,13-,14-,15-,19-,20-,41?,42?/m001/s1. The fourth-order valence-electron chi connectivity index (χ4n) is 16.3. The maximum absolute atomic E-state index is 16.0. The molecule has 0 radical (unpaired) electrons. The molecule has 131 heavy (non-hydrogen) atoms. The quantitative estimate of drug-likeness (QED) is 0.0838.